The van der Waals surface area contributed by atoms with Crippen LogP contribution in [0.3, 0.4) is 0 Å². The quantitative estimate of drug-likeness (QED) is 0.669. The zero-order valence-electron chi connectivity index (χ0n) is 10.0. The lowest BCUT2D eigenvalue weighted by Gasteiger charge is -2.42. The number of allylic oxidation sites excluding steroid dienone is 6. The van der Waals surface area contributed by atoms with Crippen LogP contribution in [0.5, 0.6) is 0 Å². The molecule has 5 atom stereocenters. The van der Waals surface area contributed by atoms with Crippen LogP contribution in [-0.4, -0.2) is 21.4 Å². The van der Waals surface area contributed by atoms with Crippen LogP contribution in [0.2, 0.25) is 0 Å². The second-order valence-corrected chi connectivity index (χ2v) is 6.64. The van der Waals surface area contributed by atoms with Crippen LogP contribution >= 0.6 is 0 Å². The predicted molar refractivity (Wildman–Crippen MR) is 73.5 cm³/mol. The first-order chi connectivity index (χ1) is 9.27. The lowest BCUT2D eigenvalue weighted by Crippen LogP contribution is -2.53. The van der Waals surface area contributed by atoms with E-state index in [1.54, 1.807) is 0 Å². The van der Waals surface area contributed by atoms with Gasteiger partial charge in [0.15, 0.2) is 5.25 Å². The van der Waals surface area contributed by atoms with Gasteiger partial charge in [0.2, 0.25) is 5.91 Å². The molecule has 2 aliphatic heterocycles. The van der Waals surface area contributed by atoms with E-state index in [9.17, 15) is 9.35 Å². The molecule has 1 fully saturated rings. The van der Waals surface area contributed by atoms with Crippen LogP contribution in [0, 0.1) is 17.8 Å². The second kappa shape index (κ2) is 3.95. The van der Waals surface area contributed by atoms with E-state index in [0.717, 1.165) is 10.6 Å². The number of fused-ring (bicyclic) bond motifs is 2. The first-order valence-corrected chi connectivity index (χ1v) is 7.50. The van der Waals surface area contributed by atoms with Crippen LogP contribution < -0.4 is 5.43 Å². The highest BCUT2D eigenvalue weighted by molar-refractivity contribution is 7.96. The number of hydrazone groups is 1. The summed E-state index contributed by atoms with van der Waals surface area (Å²) in [7, 11) is 0. The summed E-state index contributed by atoms with van der Waals surface area (Å²) in [6.45, 7) is 0. The molecule has 0 spiro atoms. The zero-order valence-corrected chi connectivity index (χ0v) is 10.8. The van der Waals surface area contributed by atoms with Crippen molar-refractivity contribution in [3.8, 4) is 0 Å². The predicted octanol–water partition coefficient (Wildman–Crippen LogP) is 1.03. The third kappa shape index (κ3) is 1.45. The van der Waals surface area contributed by atoms with Gasteiger partial charge in [-0.3, -0.25) is 4.79 Å². The fourth-order valence-electron chi connectivity index (χ4n) is 3.18. The number of nitrogens with one attached hydrogen (secondary N) is 1. The Morgan fingerprint density at radius 2 is 1.95 bits per heavy atom. The summed E-state index contributed by atoms with van der Waals surface area (Å²) in [6.07, 6.45) is 13.5. The van der Waals surface area contributed by atoms with Crippen molar-refractivity contribution in [2.24, 2.45) is 22.9 Å². The molecule has 4 aliphatic rings. The Bertz CT molecular complexity index is 603. The smallest absolute Gasteiger partial charge is 0.248 e. The van der Waals surface area contributed by atoms with Crippen molar-refractivity contribution >= 4 is 22.8 Å². The van der Waals surface area contributed by atoms with Gasteiger partial charge in [-0.05, 0) is 23.3 Å². The van der Waals surface area contributed by atoms with E-state index in [1.165, 1.54) is 0 Å². The van der Waals surface area contributed by atoms with Gasteiger partial charge in [0.05, 0.1) is 23.5 Å². The molecule has 2 heterocycles. The molecule has 1 amide bonds. The Balaban J connectivity index is 1.88. The average Bonchev–Trinajstić information content (AvgIpc) is 2.46. The summed E-state index contributed by atoms with van der Waals surface area (Å²) in [4.78, 5) is 12.7. The van der Waals surface area contributed by atoms with Crippen molar-refractivity contribution < 1.29 is 9.35 Å². The maximum absolute atomic E-state index is 12.7. The average molecular weight is 272 g/mol. The second-order valence-electron chi connectivity index (χ2n) is 5.03. The molecule has 0 aromatic carbocycles. The van der Waals surface area contributed by atoms with Gasteiger partial charge >= 0.3 is 0 Å². The molecule has 4 rings (SSSR count). The summed E-state index contributed by atoms with van der Waals surface area (Å²) in [5.41, 5.74) is 3.53. The summed E-state index contributed by atoms with van der Waals surface area (Å²) in [5, 5.41) is 4.19. The third-order valence-electron chi connectivity index (χ3n) is 4.07. The molecule has 0 bridgehead atoms. The van der Waals surface area contributed by atoms with Crippen LogP contribution in [0.25, 0.3) is 0 Å². The Morgan fingerprint density at radius 1 is 1.16 bits per heavy atom. The monoisotopic (exact) mass is 272 g/mol. The summed E-state index contributed by atoms with van der Waals surface area (Å²) < 4.78 is 12.7. The third-order valence-corrected chi connectivity index (χ3v) is 5.87. The molecule has 5 unspecified atom stereocenters. The van der Waals surface area contributed by atoms with Crippen LogP contribution in [0.15, 0.2) is 52.5 Å². The topological polar surface area (TPSA) is 64.5 Å². The maximum atomic E-state index is 12.7. The normalized spacial score (nSPS) is 41.9. The first kappa shape index (κ1) is 11.3. The standard InChI is InChI=1S/C14H12N2O2S/c17-14-9-5-3-7-11-12(9)13(15-16-14)8-4-1-2-6-10(8)19(11)18/h1-10,12H,(H,16,17). The summed E-state index contributed by atoms with van der Waals surface area (Å²) >= 11 is -1.09. The highest BCUT2D eigenvalue weighted by atomic mass is 32.2. The highest BCUT2D eigenvalue weighted by Gasteiger charge is 2.53. The fraction of sp³-hybridized carbons (Fsp3) is 0.286. The summed E-state index contributed by atoms with van der Waals surface area (Å²) in [6, 6.07) is 0. The number of hydrogen-bond acceptors (Lipinski definition) is 3. The molecule has 5 heteroatoms. The van der Waals surface area contributed by atoms with Crippen molar-refractivity contribution in [1.82, 2.24) is 5.43 Å². The molecule has 19 heavy (non-hydrogen) atoms. The number of rotatable bonds is 0. The van der Waals surface area contributed by atoms with Crippen LogP contribution in [-0.2, 0) is 16.0 Å². The van der Waals surface area contributed by atoms with Crippen molar-refractivity contribution in [2.45, 2.75) is 5.25 Å². The Kier molecular flexibility index (Phi) is 2.34. The molecule has 96 valence electrons. The largest absolute Gasteiger partial charge is 0.611 e. The number of carbonyl (C=O) groups excluding carboxylic acids is 1. The van der Waals surface area contributed by atoms with E-state index in [4.69, 9.17) is 0 Å². The zero-order chi connectivity index (χ0) is 13.0. The van der Waals surface area contributed by atoms with E-state index in [2.05, 4.69) is 10.5 Å². The molecule has 0 aromatic heterocycles. The van der Waals surface area contributed by atoms with Gasteiger partial charge in [-0.25, -0.2) is 5.43 Å². The number of amides is 1. The molecule has 0 radical (unpaired) electrons. The van der Waals surface area contributed by atoms with Gasteiger partial charge < -0.3 is 4.55 Å². The minimum atomic E-state index is -1.09. The van der Waals surface area contributed by atoms with Crippen molar-refractivity contribution in [3.63, 3.8) is 0 Å². The molecule has 1 N–H and O–H groups in total. The van der Waals surface area contributed by atoms with E-state index < -0.39 is 11.2 Å². The van der Waals surface area contributed by atoms with Crippen molar-refractivity contribution in [2.75, 3.05) is 0 Å². The summed E-state index contributed by atoms with van der Waals surface area (Å²) in [5.74, 6) is -0.474. The minimum absolute atomic E-state index is 0.0302. The molecule has 0 aromatic rings. The lowest BCUT2D eigenvalue weighted by molar-refractivity contribution is -0.124. The molecule has 0 saturated carbocycles. The van der Waals surface area contributed by atoms with Gasteiger partial charge in [-0.15, -0.1) is 0 Å². The minimum Gasteiger partial charge on any atom is -0.611 e. The van der Waals surface area contributed by atoms with Gasteiger partial charge in [0, 0.05) is 0 Å². The Hall–Kier alpha value is -1.59. The molecule has 4 nitrogen and oxygen atoms in total. The fourth-order valence-corrected chi connectivity index (χ4v) is 4.96. The van der Waals surface area contributed by atoms with Crippen LogP contribution in [0.4, 0.5) is 0 Å². The number of carbonyl (C=O) groups is 1. The molecule has 2 aliphatic carbocycles. The van der Waals surface area contributed by atoms with E-state index in [-0.39, 0.29) is 28.9 Å². The van der Waals surface area contributed by atoms with Crippen LogP contribution in [0.1, 0.15) is 0 Å². The van der Waals surface area contributed by atoms with Gasteiger partial charge in [-0.1, -0.05) is 30.4 Å². The van der Waals surface area contributed by atoms with E-state index >= 15 is 0 Å². The SMILES string of the molecule is O=C1NN=C2C3C=CC=CC3[S+]([O-])C3=CC=CC1C32. The van der Waals surface area contributed by atoms with E-state index in [1.807, 2.05) is 42.5 Å². The molecule has 1 saturated heterocycles. The molecular formula is C14H12N2O2S. The number of hydrogen-bond donors (Lipinski definition) is 1. The van der Waals surface area contributed by atoms with Gasteiger partial charge in [0.1, 0.15) is 4.91 Å². The van der Waals surface area contributed by atoms with Crippen molar-refractivity contribution in [3.05, 3.63) is 47.4 Å². The van der Waals surface area contributed by atoms with Crippen molar-refractivity contribution in [1.29, 1.82) is 0 Å². The lowest BCUT2D eigenvalue weighted by atomic mass is 9.76. The Morgan fingerprint density at radius 3 is 2.84 bits per heavy atom. The van der Waals surface area contributed by atoms with E-state index in [0.29, 0.717) is 0 Å². The first-order valence-electron chi connectivity index (χ1n) is 6.28. The maximum Gasteiger partial charge on any atom is 0.248 e. The Labute approximate surface area is 113 Å². The highest BCUT2D eigenvalue weighted by Crippen LogP contribution is 2.44. The van der Waals surface area contributed by atoms with Gasteiger partial charge in [0.25, 0.3) is 0 Å². The number of nitrogens with zero attached hydrogens (tertiary/aromatic N) is 1. The molecular weight excluding hydrogens is 260 g/mol. The van der Waals surface area contributed by atoms with Gasteiger partial charge in [-0.2, -0.15) is 5.10 Å².